The van der Waals surface area contributed by atoms with Crippen LogP contribution in [-0.2, 0) is 12.8 Å². The molecule has 2 N–H and O–H groups in total. The molecule has 0 bridgehead atoms. The molecule has 0 unspecified atom stereocenters. The number of carbonyl (C=O) groups is 1. The van der Waals surface area contributed by atoms with E-state index >= 15 is 0 Å². The quantitative estimate of drug-likeness (QED) is 0.883. The molecule has 3 heterocycles. The molecule has 0 aliphatic carbocycles. The Labute approximate surface area is 140 Å². The molecule has 1 fully saturated rings. The van der Waals surface area contributed by atoms with E-state index in [0.717, 1.165) is 49.6 Å². The van der Waals surface area contributed by atoms with E-state index in [9.17, 15) is 4.79 Å². The average molecular weight is 333 g/mol. The smallest absolute Gasteiger partial charge is 0.317 e. The molecule has 1 aliphatic rings. The van der Waals surface area contributed by atoms with Crippen molar-refractivity contribution in [2.75, 3.05) is 19.6 Å². The standard InChI is InChI=1S/C16H23N5OS/c1-2-13-10-20-14(23-13)5-6-19-16(22)21-9-3-4-12(11-21)15-17-7-8-18-15/h7-8,10,12H,2-6,9,11H2,1H3,(H,17,18)(H,19,22)/t12-/m1/s1. The predicted molar refractivity (Wildman–Crippen MR) is 90.7 cm³/mol. The van der Waals surface area contributed by atoms with Gasteiger partial charge in [-0.2, -0.15) is 0 Å². The molecule has 2 aromatic heterocycles. The van der Waals surface area contributed by atoms with Crippen LogP contribution in [0.4, 0.5) is 4.79 Å². The summed E-state index contributed by atoms with van der Waals surface area (Å²) in [5.74, 6) is 1.30. The van der Waals surface area contributed by atoms with Crippen molar-refractivity contribution >= 4 is 17.4 Å². The van der Waals surface area contributed by atoms with Gasteiger partial charge in [0.2, 0.25) is 0 Å². The summed E-state index contributed by atoms with van der Waals surface area (Å²) in [6.45, 7) is 4.32. The maximum Gasteiger partial charge on any atom is 0.317 e. The highest BCUT2D eigenvalue weighted by Gasteiger charge is 2.25. The van der Waals surface area contributed by atoms with Crippen LogP contribution >= 0.6 is 11.3 Å². The first-order valence-electron chi connectivity index (χ1n) is 8.22. The van der Waals surface area contributed by atoms with E-state index in [1.165, 1.54) is 4.88 Å². The third kappa shape index (κ3) is 4.10. The summed E-state index contributed by atoms with van der Waals surface area (Å²) in [6, 6.07) is 0.0218. The second kappa shape index (κ2) is 7.59. The summed E-state index contributed by atoms with van der Waals surface area (Å²) in [5.41, 5.74) is 0. The normalized spacial score (nSPS) is 18.1. The molecule has 0 aromatic carbocycles. The SMILES string of the molecule is CCc1cnc(CCNC(=O)N2CCC[C@@H](c3ncc[nH]3)C2)s1. The first-order chi connectivity index (χ1) is 11.3. The van der Waals surface area contributed by atoms with Gasteiger partial charge in [0.15, 0.2) is 0 Å². The minimum atomic E-state index is 0.0218. The van der Waals surface area contributed by atoms with Crippen LogP contribution in [-0.4, -0.2) is 45.5 Å². The van der Waals surface area contributed by atoms with E-state index in [4.69, 9.17) is 0 Å². The molecule has 124 valence electrons. The molecule has 0 radical (unpaired) electrons. The zero-order chi connectivity index (χ0) is 16.1. The van der Waals surface area contributed by atoms with E-state index in [1.54, 1.807) is 17.5 Å². The van der Waals surface area contributed by atoms with Gasteiger partial charge in [-0.05, 0) is 19.3 Å². The number of imidazole rings is 1. The molecular weight excluding hydrogens is 310 g/mol. The highest BCUT2D eigenvalue weighted by atomic mass is 32.1. The van der Waals surface area contributed by atoms with Gasteiger partial charge in [-0.1, -0.05) is 6.92 Å². The molecule has 2 aromatic rings. The third-order valence-corrected chi connectivity index (χ3v) is 5.38. The highest BCUT2D eigenvalue weighted by molar-refractivity contribution is 7.11. The van der Waals surface area contributed by atoms with Crippen molar-refractivity contribution in [3.63, 3.8) is 0 Å². The Bertz CT molecular complexity index is 624. The number of carbonyl (C=O) groups excluding carboxylic acids is 1. The zero-order valence-electron chi connectivity index (χ0n) is 13.4. The molecule has 1 saturated heterocycles. The van der Waals surface area contributed by atoms with Gasteiger partial charge in [0.05, 0.1) is 5.01 Å². The Balaban J connectivity index is 1.46. The molecule has 1 atom stereocenters. The number of H-pyrrole nitrogens is 1. The molecule has 7 heteroatoms. The van der Waals surface area contributed by atoms with E-state index in [-0.39, 0.29) is 6.03 Å². The fourth-order valence-electron chi connectivity index (χ4n) is 2.90. The van der Waals surface area contributed by atoms with E-state index in [2.05, 4.69) is 27.2 Å². The fraction of sp³-hybridized carbons (Fsp3) is 0.562. The van der Waals surface area contributed by atoms with E-state index in [1.807, 2.05) is 17.3 Å². The first kappa shape index (κ1) is 16.0. The van der Waals surface area contributed by atoms with Gasteiger partial charge in [0, 0.05) is 55.4 Å². The lowest BCUT2D eigenvalue weighted by Crippen LogP contribution is -2.45. The maximum atomic E-state index is 12.3. The molecular formula is C16H23N5OS. The number of urea groups is 1. The minimum absolute atomic E-state index is 0.0218. The topological polar surface area (TPSA) is 73.9 Å². The minimum Gasteiger partial charge on any atom is -0.348 e. The molecule has 23 heavy (non-hydrogen) atoms. The van der Waals surface area contributed by atoms with Crippen molar-refractivity contribution in [2.45, 2.75) is 38.5 Å². The monoisotopic (exact) mass is 333 g/mol. The number of likely N-dealkylation sites (tertiary alicyclic amines) is 1. The second-order valence-corrected chi connectivity index (χ2v) is 7.02. The molecule has 3 rings (SSSR count). The Morgan fingerprint density at radius 1 is 1.52 bits per heavy atom. The molecule has 6 nitrogen and oxygen atoms in total. The highest BCUT2D eigenvalue weighted by Crippen LogP contribution is 2.24. The summed E-state index contributed by atoms with van der Waals surface area (Å²) >= 11 is 1.73. The number of piperidine rings is 1. The lowest BCUT2D eigenvalue weighted by atomic mass is 9.98. The van der Waals surface area contributed by atoms with Crippen LogP contribution < -0.4 is 5.32 Å². The Morgan fingerprint density at radius 2 is 2.43 bits per heavy atom. The zero-order valence-corrected chi connectivity index (χ0v) is 14.2. The summed E-state index contributed by atoms with van der Waals surface area (Å²) in [7, 11) is 0. The Morgan fingerprint density at radius 3 is 3.17 bits per heavy atom. The number of hydrogen-bond acceptors (Lipinski definition) is 4. The van der Waals surface area contributed by atoms with Crippen molar-refractivity contribution in [3.8, 4) is 0 Å². The van der Waals surface area contributed by atoms with Crippen LogP contribution in [0.15, 0.2) is 18.6 Å². The number of nitrogens with zero attached hydrogens (tertiary/aromatic N) is 3. The van der Waals surface area contributed by atoms with Crippen LogP contribution in [0, 0.1) is 0 Å². The molecule has 1 aliphatic heterocycles. The predicted octanol–water partition coefficient (Wildman–Crippen LogP) is 2.56. The van der Waals surface area contributed by atoms with Crippen molar-refractivity contribution in [3.05, 3.63) is 34.3 Å². The molecule has 0 spiro atoms. The average Bonchev–Trinajstić information content (AvgIpc) is 3.26. The second-order valence-electron chi connectivity index (χ2n) is 5.82. The van der Waals surface area contributed by atoms with E-state index in [0.29, 0.717) is 12.5 Å². The lowest BCUT2D eigenvalue weighted by Gasteiger charge is -2.31. The Kier molecular flexibility index (Phi) is 5.27. The van der Waals surface area contributed by atoms with Gasteiger partial charge < -0.3 is 15.2 Å². The largest absolute Gasteiger partial charge is 0.348 e. The Hall–Kier alpha value is -1.89. The van der Waals surface area contributed by atoms with E-state index < -0.39 is 0 Å². The summed E-state index contributed by atoms with van der Waals surface area (Å²) < 4.78 is 0. The number of aromatic nitrogens is 3. The maximum absolute atomic E-state index is 12.3. The summed E-state index contributed by atoms with van der Waals surface area (Å²) in [4.78, 5) is 27.4. The van der Waals surface area contributed by atoms with Gasteiger partial charge in [0.1, 0.15) is 5.82 Å². The van der Waals surface area contributed by atoms with Gasteiger partial charge in [-0.25, -0.2) is 14.8 Å². The van der Waals surface area contributed by atoms with Crippen molar-refractivity contribution in [1.82, 2.24) is 25.2 Å². The van der Waals surface area contributed by atoms with Crippen LogP contribution in [0.5, 0.6) is 0 Å². The van der Waals surface area contributed by atoms with Crippen LogP contribution in [0.25, 0.3) is 0 Å². The number of aryl methyl sites for hydroxylation is 1. The number of nitrogens with one attached hydrogen (secondary N) is 2. The summed E-state index contributed by atoms with van der Waals surface area (Å²) in [5, 5.41) is 4.11. The number of aromatic amines is 1. The number of rotatable bonds is 5. The summed E-state index contributed by atoms with van der Waals surface area (Å²) in [6.07, 6.45) is 9.46. The van der Waals surface area contributed by atoms with Crippen molar-refractivity contribution in [1.29, 1.82) is 0 Å². The van der Waals surface area contributed by atoms with Crippen molar-refractivity contribution < 1.29 is 4.79 Å². The molecule has 2 amide bonds. The number of hydrogen-bond donors (Lipinski definition) is 2. The van der Waals surface area contributed by atoms with Gasteiger partial charge >= 0.3 is 6.03 Å². The van der Waals surface area contributed by atoms with Crippen LogP contribution in [0.1, 0.15) is 41.4 Å². The van der Waals surface area contributed by atoms with Crippen molar-refractivity contribution in [2.24, 2.45) is 0 Å². The fourth-order valence-corrected chi connectivity index (χ4v) is 3.76. The third-order valence-electron chi connectivity index (χ3n) is 4.18. The van der Waals surface area contributed by atoms with Gasteiger partial charge in [-0.15, -0.1) is 11.3 Å². The number of thiazole rings is 1. The van der Waals surface area contributed by atoms with Crippen LogP contribution in [0.3, 0.4) is 0 Å². The first-order valence-corrected chi connectivity index (χ1v) is 9.03. The molecule has 0 saturated carbocycles. The van der Waals surface area contributed by atoms with Crippen LogP contribution in [0.2, 0.25) is 0 Å². The van der Waals surface area contributed by atoms with Gasteiger partial charge in [0.25, 0.3) is 0 Å². The lowest BCUT2D eigenvalue weighted by molar-refractivity contribution is 0.178. The number of amides is 2. The van der Waals surface area contributed by atoms with Gasteiger partial charge in [-0.3, -0.25) is 0 Å².